The van der Waals surface area contributed by atoms with Gasteiger partial charge < -0.3 is 5.32 Å². The van der Waals surface area contributed by atoms with Crippen LogP contribution in [0.3, 0.4) is 0 Å². The van der Waals surface area contributed by atoms with Crippen LogP contribution in [0.15, 0.2) is 35.2 Å². The van der Waals surface area contributed by atoms with Gasteiger partial charge in [0.05, 0.1) is 17.5 Å². The summed E-state index contributed by atoms with van der Waals surface area (Å²) in [6.07, 6.45) is 0.435. The molecule has 1 rings (SSSR count). The highest BCUT2D eigenvalue weighted by molar-refractivity contribution is 7.89. The van der Waals surface area contributed by atoms with Crippen LogP contribution in [0, 0.1) is 11.3 Å². The van der Waals surface area contributed by atoms with Crippen molar-refractivity contribution in [2.75, 3.05) is 13.6 Å². The smallest absolute Gasteiger partial charge is 0.243 e. The second-order valence-corrected chi connectivity index (χ2v) is 6.96. The zero-order valence-corrected chi connectivity index (χ0v) is 13.1. The van der Waals surface area contributed by atoms with Crippen molar-refractivity contribution in [3.8, 4) is 6.07 Å². The van der Waals surface area contributed by atoms with Crippen LogP contribution in [0.4, 0.5) is 0 Å². The fourth-order valence-electron chi connectivity index (χ4n) is 1.60. The first kappa shape index (κ1) is 17.1. The number of carbonyl (C=O) groups is 1. The Kier molecular flexibility index (Phi) is 5.47. The number of benzene rings is 1. The van der Waals surface area contributed by atoms with Crippen LogP contribution in [0.5, 0.6) is 0 Å². The second kappa shape index (κ2) is 6.70. The van der Waals surface area contributed by atoms with E-state index in [1.165, 1.54) is 19.2 Å². The van der Waals surface area contributed by atoms with E-state index in [1.807, 2.05) is 6.07 Å². The van der Waals surface area contributed by atoms with Crippen molar-refractivity contribution >= 4 is 15.9 Å². The van der Waals surface area contributed by atoms with Crippen molar-refractivity contribution in [2.24, 2.45) is 0 Å². The van der Waals surface area contributed by atoms with Gasteiger partial charge in [0.25, 0.3) is 0 Å². The van der Waals surface area contributed by atoms with Crippen molar-refractivity contribution in [1.29, 1.82) is 5.26 Å². The molecule has 0 heterocycles. The summed E-state index contributed by atoms with van der Waals surface area (Å²) in [5.41, 5.74) is -0.992. The van der Waals surface area contributed by atoms with Crippen LogP contribution in [-0.2, 0) is 14.8 Å². The molecule has 1 unspecified atom stereocenters. The molecule has 0 saturated heterocycles. The second-order valence-electron chi connectivity index (χ2n) is 4.92. The normalized spacial score (nSPS) is 14.2. The SMILES string of the molecule is CCC(C)(C#N)NC(=O)CN(C)S(=O)(=O)c1ccccc1. The third-order valence-electron chi connectivity index (χ3n) is 3.19. The molecule has 1 amide bonds. The molecule has 0 saturated carbocycles. The van der Waals surface area contributed by atoms with Crippen LogP contribution >= 0.6 is 0 Å². The van der Waals surface area contributed by atoms with Gasteiger partial charge in [0.1, 0.15) is 5.54 Å². The van der Waals surface area contributed by atoms with E-state index in [2.05, 4.69) is 5.32 Å². The summed E-state index contributed by atoms with van der Waals surface area (Å²) in [5, 5.41) is 11.6. The molecule has 0 fully saturated rings. The molecule has 0 radical (unpaired) electrons. The van der Waals surface area contributed by atoms with E-state index in [9.17, 15) is 13.2 Å². The summed E-state index contributed by atoms with van der Waals surface area (Å²) in [5.74, 6) is -0.511. The van der Waals surface area contributed by atoms with Gasteiger partial charge in [0, 0.05) is 7.05 Å². The molecular weight excluding hydrogens is 290 g/mol. The summed E-state index contributed by atoms with van der Waals surface area (Å²) >= 11 is 0. The molecule has 1 aromatic rings. The summed E-state index contributed by atoms with van der Waals surface area (Å²) in [6, 6.07) is 9.88. The van der Waals surface area contributed by atoms with Gasteiger partial charge in [-0.1, -0.05) is 25.1 Å². The number of nitriles is 1. The maximum absolute atomic E-state index is 12.3. The van der Waals surface area contributed by atoms with Crippen LogP contribution in [0.1, 0.15) is 20.3 Å². The first-order chi connectivity index (χ1) is 9.75. The first-order valence-corrected chi connectivity index (χ1v) is 7.93. The molecule has 1 aromatic carbocycles. The first-order valence-electron chi connectivity index (χ1n) is 6.49. The molecule has 21 heavy (non-hydrogen) atoms. The summed E-state index contributed by atoms with van der Waals surface area (Å²) < 4.78 is 25.5. The molecule has 1 atom stereocenters. The van der Waals surface area contributed by atoms with Gasteiger partial charge in [-0.3, -0.25) is 4.79 Å². The highest BCUT2D eigenvalue weighted by atomic mass is 32.2. The van der Waals surface area contributed by atoms with Gasteiger partial charge in [-0.15, -0.1) is 0 Å². The van der Waals surface area contributed by atoms with Crippen molar-refractivity contribution in [1.82, 2.24) is 9.62 Å². The largest absolute Gasteiger partial charge is 0.337 e. The Labute approximate surface area is 125 Å². The molecule has 0 aliphatic heterocycles. The Morgan fingerprint density at radius 2 is 1.95 bits per heavy atom. The lowest BCUT2D eigenvalue weighted by Gasteiger charge is -2.23. The molecule has 114 valence electrons. The van der Waals surface area contributed by atoms with Crippen LogP contribution < -0.4 is 5.32 Å². The number of nitrogens with zero attached hydrogens (tertiary/aromatic N) is 2. The standard InChI is InChI=1S/C14H19N3O3S/c1-4-14(2,11-15)16-13(18)10-17(3)21(19,20)12-8-6-5-7-9-12/h5-9H,4,10H2,1-3H3,(H,16,18). The molecule has 6 nitrogen and oxygen atoms in total. The molecule has 0 aliphatic rings. The molecule has 0 aromatic heterocycles. The molecule has 0 bridgehead atoms. The maximum atomic E-state index is 12.3. The van der Waals surface area contributed by atoms with Crippen molar-refractivity contribution in [3.05, 3.63) is 30.3 Å². The van der Waals surface area contributed by atoms with Crippen molar-refractivity contribution in [3.63, 3.8) is 0 Å². The van der Waals surface area contributed by atoms with Crippen molar-refractivity contribution in [2.45, 2.75) is 30.7 Å². The average molecular weight is 309 g/mol. The Morgan fingerprint density at radius 1 is 1.38 bits per heavy atom. The Hall–Kier alpha value is -1.91. The van der Waals surface area contributed by atoms with Crippen LogP contribution in [0.25, 0.3) is 0 Å². The van der Waals surface area contributed by atoms with Crippen LogP contribution in [-0.4, -0.2) is 37.8 Å². The topological polar surface area (TPSA) is 90.3 Å². The fourth-order valence-corrected chi connectivity index (χ4v) is 2.75. The Balaban J connectivity index is 2.80. The van der Waals surface area contributed by atoms with Gasteiger partial charge >= 0.3 is 0 Å². The summed E-state index contributed by atoms with van der Waals surface area (Å²) in [4.78, 5) is 12.0. The monoisotopic (exact) mass is 309 g/mol. The van der Waals surface area contributed by atoms with Gasteiger partial charge in [-0.25, -0.2) is 8.42 Å². The molecule has 0 spiro atoms. The number of hydrogen-bond donors (Lipinski definition) is 1. The Bertz CT molecular complexity index is 637. The lowest BCUT2D eigenvalue weighted by Crippen LogP contribution is -2.48. The van der Waals surface area contributed by atoms with E-state index < -0.39 is 21.5 Å². The zero-order chi connectivity index (χ0) is 16.1. The minimum absolute atomic E-state index is 0.124. The third-order valence-corrected chi connectivity index (χ3v) is 5.00. The summed E-state index contributed by atoms with van der Waals surface area (Å²) in [6.45, 7) is 3.03. The van der Waals surface area contributed by atoms with E-state index in [0.29, 0.717) is 6.42 Å². The number of hydrogen-bond acceptors (Lipinski definition) is 4. The van der Waals surface area contributed by atoms with Gasteiger partial charge in [0.15, 0.2) is 0 Å². The van der Waals surface area contributed by atoms with E-state index in [1.54, 1.807) is 32.0 Å². The number of rotatable bonds is 6. The van der Waals surface area contributed by atoms with E-state index in [4.69, 9.17) is 5.26 Å². The summed E-state index contributed by atoms with van der Waals surface area (Å²) in [7, 11) is -2.38. The highest BCUT2D eigenvalue weighted by Crippen LogP contribution is 2.13. The zero-order valence-electron chi connectivity index (χ0n) is 12.3. The number of likely N-dealkylation sites (N-methyl/N-ethyl adjacent to an activating group) is 1. The lowest BCUT2D eigenvalue weighted by molar-refractivity contribution is -0.122. The van der Waals surface area contributed by atoms with Gasteiger partial charge in [-0.05, 0) is 25.5 Å². The fraction of sp³-hybridized carbons (Fsp3) is 0.429. The third kappa shape index (κ3) is 4.28. The average Bonchev–Trinajstić information content (AvgIpc) is 2.47. The minimum Gasteiger partial charge on any atom is -0.337 e. The number of amides is 1. The van der Waals surface area contributed by atoms with E-state index in [0.717, 1.165) is 4.31 Å². The minimum atomic E-state index is -3.71. The quantitative estimate of drug-likeness (QED) is 0.852. The van der Waals surface area contributed by atoms with E-state index in [-0.39, 0.29) is 11.4 Å². The molecule has 1 N–H and O–H groups in total. The number of carbonyl (C=O) groups excluding carboxylic acids is 1. The Morgan fingerprint density at radius 3 is 2.43 bits per heavy atom. The van der Waals surface area contributed by atoms with Crippen molar-refractivity contribution < 1.29 is 13.2 Å². The molecule has 7 heteroatoms. The van der Waals surface area contributed by atoms with Gasteiger partial charge in [0.2, 0.25) is 15.9 Å². The predicted molar refractivity (Wildman–Crippen MR) is 78.7 cm³/mol. The molecule has 0 aliphatic carbocycles. The molecular formula is C14H19N3O3S. The van der Waals surface area contributed by atoms with Crippen LogP contribution in [0.2, 0.25) is 0 Å². The number of sulfonamides is 1. The van der Waals surface area contributed by atoms with E-state index >= 15 is 0 Å². The lowest BCUT2D eigenvalue weighted by atomic mass is 10.0. The highest BCUT2D eigenvalue weighted by Gasteiger charge is 2.27. The maximum Gasteiger partial charge on any atom is 0.243 e. The number of nitrogens with one attached hydrogen (secondary N) is 1. The predicted octanol–water partition coefficient (Wildman–Crippen LogP) is 1.12. The van der Waals surface area contributed by atoms with Gasteiger partial charge in [-0.2, -0.15) is 9.57 Å².